The summed E-state index contributed by atoms with van der Waals surface area (Å²) in [6, 6.07) is 11.7. The molecule has 1 amide bonds. The van der Waals surface area contributed by atoms with Gasteiger partial charge in [0.15, 0.2) is 10.9 Å². The number of piperidine rings is 1. The highest BCUT2D eigenvalue weighted by atomic mass is 32.2. The summed E-state index contributed by atoms with van der Waals surface area (Å²) in [6.45, 7) is 7.65. The lowest BCUT2D eigenvalue weighted by Crippen LogP contribution is -2.39. The van der Waals surface area contributed by atoms with Crippen molar-refractivity contribution < 1.29 is 4.79 Å². The van der Waals surface area contributed by atoms with Crippen molar-refractivity contribution in [2.45, 2.75) is 44.5 Å². The molecule has 3 heterocycles. The number of hydrogen-bond donors (Lipinski definition) is 0. The summed E-state index contributed by atoms with van der Waals surface area (Å²) in [5.41, 5.74) is 3.94. The second-order valence-electron chi connectivity index (χ2n) is 7.85. The summed E-state index contributed by atoms with van der Waals surface area (Å²) in [4.78, 5) is 24.2. The maximum Gasteiger partial charge on any atom is 0.276 e. The zero-order valence-electron chi connectivity index (χ0n) is 17.6. The lowest BCUT2D eigenvalue weighted by Gasteiger charge is -2.30. The number of aromatic nitrogens is 5. The molecule has 4 rings (SSSR count). The van der Waals surface area contributed by atoms with Gasteiger partial charge in [-0.1, -0.05) is 42.1 Å². The number of nitrogens with zero attached hydrogens (tertiary/aromatic N) is 6. The number of hydrogen-bond acceptors (Lipinski definition) is 6. The van der Waals surface area contributed by atoms with Gasteiger partial charge in [0.25, 0.3) is 5.91 Å². The average molecular weight is 423 g/mol. The summed E-state index contributed by atoms with van der Waals surface area (Å²) in [5.74, 6) is 0.976. The highest BCUT2D eigenvalue weighted by Gasteiger charge is 2.28. The van der Waals surface area contributed by atoms with Gasteiger partial charge in [-0.3, -0.25) is 4.79 Å². The first kappa shape index (κ1) is 20.5. The number of para-hydroxylation sites is 1. The maximum absolute atomic E-state index is 13.3. The number of aryl methyl sites for hydroxylation is 2. The van der Waals surface area contributed by atoms with Crippen LogP contribution in [0.2, 0.25) is 0 Å². The molecule has 156 valence electrons. The van der Waals surface area contributed by atoms with Crippen LogP contribution in [0.1, 0.15) is 47.3 Å². The molecule has 2 aromatic heterocycles. The van der Waals surface area contributed by atoms with Gasteiger partial charge in [-0.15, -0.1) is 5.10 Å². The van der Waals surface area contributed by atoms with Crippen molar-refractivity contribution in [2.75, 3.05) is 13.1 Å². The van der Waals surface area contributed by atoms with Gasteiger partial charge >= 0.3 is 0 Å². The van der Waals surface area contributed by atoms with Gasteiger partial charge in [0.05, 0.1) is 11.4 Å². The molecule has 0 N–H and O–H groups in total. The van der Waals surface area contributed by atoms with Gasteiger partial charge in [-0.05, 0) is 50.8 Å². The van der Waals surface area contributed by atoms with Crippen molar-refractivity contribution >= 4 is 17.7 Å². The molecule has 1 aliphatic rings. The van der Waals surface area contributed by atoms with Crippen molar-refractivity contribution in [1.82, 2.24) is 29.9 Å². The van der Waals surface area contributed by atoms with Gasteiger partial charge in [0.1, 0.15) is 0 Å². The molecule has 7 nitrogen and oxygen atoms in total. The first-order valence-corrected chi connectivity index (χ1v) is 11.2. The minimum atomic E-state index is -0.0410. The Balaban J connectivity index is 1.66. The van der Waals surface area contributed by atoms with Gasteiger partial charge in [-0.2, -0.15) is 0 Å². The number of rotatable bonds is 5. The normalized spacial score (nSPS) is 16.6. The van der Waals surface area contributed by atoms with Crippen molar-refractivity contribution in [3.63, 3.8) is 0 Å². The number of amides is 1. The molecule has 1 aromatic carbocycles. The van der Waals surface area contributed by atoms with Crippen LogP contribution >= 0.6 is 11.8 Å². The number of carbonyl (C=O) groups is 1. The van der Waals surface area contributed by atoms with Gasteiger partial charge < -0.3 is 4.90 Å². The highest BCUT2D eigenvalue weighted by molar-refractivity contribution is 7.98. The number of likely N-dealkylation sites (tertiary alicyclic amines) is 1. The summed E-state index contributed by atoms with van der Waals surface area (Å²) >= 11 is 1.50. The fourth-order valence-electron chi connectivity index (χ4n) is 3.79. The van der Waals surface area contributed by atoms with E-state index in [0.717, 1.165) is 48.7 Å². The molecule has 1 saturated heterocycles. The first-order valence-electron chi connectivity index (χ1n) is 10.3. The fourth-order valence-corrected chi connectivity index (χ4v) is 4.73. The maximum atomic E-state index is 13.3. The molecule has 0 bridgehead atoms. The van der Waals surface area contributed by atoms with Crippen molar-refractivity contribution in [2.24, 2.45) is 5.92 Å². The van der Waals surface area contributed by atoms with Crippen molar-refractivity contribution in [3.8, 4) is 5.69 Å². The van der Waals surface area contributed by atoms with E-state index in [0.29, 0.717) is 22.5 Å². The molecule has 0 radical (unpaired) electrons. The van der Waals surface area contributed by atoms with Gasteiger partial charge in [-0.25, -0.2) is 14.6 Å². The van der Waals surface area contributed by atoms with Crippen LogP contribution in [0.25, 0.3) is 5.69 Å². The topological polar surface area (TPSA) is 76.8 Å². The third-order valence-corrected chi connectivity index (χ3v) is 6.07. The van der Waals surface area contributed by atoms with E-state index in [2.05, 4.69) is 27.2 Å². The number of benzene rings is 1. The molecule has 0 spiro atoms. The van der Waals surface area contributed by atoms with Crippen LogP contribution in [0.5, 0.6) is 0 Å². The van der Waals surface area contributed by atoms with E-state index in [9.17, 15) is 4.79 Å². The summed E-state index contributed by atoms with van der Waals surface area (Å²) in [5, 5.41) is 9.33. The third-order valence-electron chi connectivity index (χ3n) is 5.21. The lowest BCUT2D eigenvalue weighted by atomic mass is 10.00. The molecule has 1 fully saturated rings. The van der Waals surface area contributed by atoms with Crippen LogP contribution in [-0.4, -0.2) is 48.9 Å². The molecule has 1 aliphatic heterocycles. The zero-order valence-corrected chi connectivity index (χ0v) is 18.4. The van der Waals surface area contributed by atoms with E-state index in [1.54, 1.807) is 4.68 Å². The fraction of sp³-hybridized carbons (Fsp3) is 0.409. The molecule has 30 heavy (non-hydrogen) atoms. The van der Waals surface area contributed by atoms with E-state index in [1.807, 2.05) is 55.1 Å². The van der Waals surface area contributed by atoms with E-state index in [1.165, 1.54) is 11.8 Å². The Kier molecular flexibility index (Phi) is 6.13. The van der Waals surface area contributed by atoms with Crippen LogP contribution in [0.15, 0.2) is 41.6 Å². The van der Waals surface area contributed by atoms with E-state index in [-0.39, 0.29) is 5.91 Å². The Bertz CT molecular complexity index is 1020. The molecule has 1 atom stereocenters. The minimum Gasteiger partial charge on any atom is -0.337 e. The molecule has 0 aliphatic carbocycles. The van der Waals surface area contributed by atoms with Crippen LogP contribution in [0.3, 0.4) is 0 Å². The average Bonchev–Trinajstić information content (AvgIpc) is 3.15. The Hall–Kier alpha value is -2.74. The number of thioether (sulfide) groups is 1. The van der Waals surface area contributed by atoms with Crippen LogP contribution in [0, 0.1) is 19.8 Å². The monoisotopic (exact) mass is 422 g/mol. The molecule has 8 heteroatoms. The summed E-state index contributed by atoms with van der Waals surface area (Å²) in [7, 11) is 0. The predicted molar refractivity (Wildman–Crippen MR) is 117 cm³/mol. The first-order chi connectivity index (χ1) is 14.5. The Morgan fingerprint density at radius 2 is 1.90 bits per heavy atom. The predicted octanol–water partition coefficient (Wildman–Crippen LogP) is 3.84. The molecular weight excluding hydrogens is 396 g/mol. The molecular formula is C22H26N6OS. The summed E-state index contributed by atoms with van der Waals surface area (Å²) in [6.07, 6.45) is 2.19. The SMILES string of the molecule is Cc1cc(C)nc(SCc2c(C(=O)N3CCCC(C)C3)nnn2-c2ccccc2)n1. The smallest absolute Gasteiger partial charge is 0.276 e. The van der Waals surface area contributed by atoms with Crippen LogP contribution in [-0.2, 0) is 5.75 Å². The van der Waals surface area contributed by atoms with E-state index >= 15 is 0 Å². The van der Waals surface area contributed by atoms with Gasteiger partial charge in [0.2, 0.25) is 0 Å². The van der Waals surface area contributed by atoms with Crippen molar-refractivity contribution in [3.05, 3.63) is 59.2 Å². The minimum absolute atomic E-state index is 0.0410. The third kappa shape index (κ3) is 4.53. The van der Waals surface area contributed by atoms with E-state index in [4.69, 9.17) is 0 Å². The Labute approximate surface area is 180 Å². The molecule has 1 unspecified atom stereocenters. The lowest BCUT2D eigenvalue weighted by molar-refractivity contribution is 0.0676. The second-order valence-corrected chi connectivity index (χ2v) is 8.80. The largest absolute Gasteiger partial charge is 0.337 e. The highest BCUT2D eigenvalue weighted by Crippen LogP contribution is 2.25. The molecule has 0 saturated carbocycles. The zero-order chi connectivity index (χ0) is 21.1. The Morgan fingerprint density at radius 3 is 2.60 bits per heavy atom. The van der Waals surface area contributed by atoms with Crippen LogP contribution in [0.4, 0.5) is 0 Å². The quantitative estimate of drug-likeness (QED) is 0.459. The van der Waals surface area contributed by atoms with Crippen molar-refractivity contribution in [1.29, 1.82) is 0 Å². The van der Waals surface area contributed by atoms with Gasteiger partial charge in [0, 0.05) is 30.2 Å². The van der Waals surface area contributed by atoms with Crippen LogP contribution < -0.4 is 0 Å². The number of carbonyl (C=O) groups excluding carboxylic acids is 1. The second kappa shape index (κ2) is 8.95. The standard InChI is InChI=1S/C22H26N6OS/c1-15-8-7-11-27(13-15)21(29)20-19(14-30-22-23-16(2)12-17(3)24-22)28(26-25-20)18-9-5-4-6-10-18/h4-6,9-10,12,15H,7-8,11,13-14H2,1-3H3. The summed E-state index contributed by atoms with van der Waals surface area (Å²) < 4.78 is 1.76. The molecule has 3 aromatic rings. The Morgan fingerprint density at radius 1 is 1.17 bits per heavy atom. The van der Waals surface area contributed by atoms with E-state index < -0.39 is 0 Å².